The van der Waals surface area contributed by atoms with E-state index in [9.17, 15) is 22.4 Å². The van der Waals surface area contributed by atoms with Gasteiger partial charge in [-0.15, -0.1) is 11.3 Å². The van der Waals surface area contributed by atoms with Crippen molar-refractivity contribution in [1.82, 2.24) is 25.2 Å². The van der Waals surface area contributed by atoms with E-state index < -0.39 is 30.1 Å². The molecule has 1 aromatic carbocycles. The topological polar surface area (TPSA) is 80.2 Å². The van der Waals surface area contributed by atoms with Gasteiger partial charge in [-0.25, -0.2) is 23.1 Å². The molecule has 3 heterocycles. The molecule has 1 aliphatic heterocycles. The van der Waals surface area contributed by atoms with Crippen LogP contribution in [0.5, 0.6) is 5.88 Å². The molecular weight excluding hydrogens is 522 g/mol. The molecule has 0 radical (unpaired) electrons. The van der Waals surface area contributed by atoms with Gasteiger partial charge in [0, 0.05) is 19.6 Å². The van der Waals surface area contributed by atoms with Crippen LogP contribution in [0.1, 0.15) is 52.1 Å². The molecule has 1 fully saturated rings. The number of carbonyl (C=O) groups excluding carboxylic acids is 1. The standard InChI is InChI=1S/C23H22ClF4N5O2S/c1-12-31-17(26)9-18(32-12)35-13-5-7-33(8-6-13)16(21-20(22(27)28)30-11-36-21)10-29-23(34)19-14(24)3-2-4-15(19)25/h2-4,9,11,13,16,22H,5-8,10H2,1H3,(H,29,34). The van der Waals surface area contributed by atoms with Gasteiger partial charge in [-0.05, 0) is 31.9 Å². The molecule has 1 saturated heterocycles. The summed E-state index contributed by atoms with van der Waals surface area (Å²) in [6.07, 6.45) is -2.03. The number of aromatic nitrogens is 3. The number of nitrogens with zero attached hydrogens (tertiary/aromatic N) is 4. The fraction of sp³-hybridized carbons (Fsp3) is 0.391. The van der Waals surface area contributed by atoms with Crippen LogP contribution in [0.25, 0.3) is 0 Å². The van der Waals surface area contributed by atoms with E-state index in [2.05, 4.69) is 20.3 Å². The van der Waals surface area contributed by atoms with Gasteiger partial charge in [-0.1, -0.05) is 17.7 Å². The smallest absolute Gasteiger partial charge is 0.281 e. The third-order valence-corrected chi connectivity index (χ3v) is 7.03. The van der Waals surface area contributed by atoms with E-state index in [-0.39, 0.29) is 40.6 Å². The number of nitrogens with one attached hydrogen (secondary N) is 1. The van der Waals surface area contributed by atoms with E-state index in [1.807, 2.05) is 4.90 Å². The molecule has 0 aliphatic carbocycles. The second kappa shape index (κ2) is 11.5. The Hall–Kier alpha value is -2.83. The maximum absolute atomic E-state index is 14.2. The summed E-state index contributed by atoms with van der Waals surface area (Å²) in [5.74, 6) is -1.84. The number of halogens is 5. The minimum Gasteiger partial charge on any atom is -0.474 e. The molecule has 1 amide bonds. The highest BCUT2D eigenvalue weighted by Crippen LogP contribution is 2.34. The number of amides is 1. The lowest BCUT2D eigenvalue weighted by Crippen LogP contribution is -2.44. The maximum atomic E-state index is 14.2. The van der Waals surface area contributed by atoms with Gasteiger partial charge in [0.15, 0.2) is 0 Å². The monoisotopic (exact) mass is 543 g/mol. The molecule has 7 nitrogen and oxygen atoms in total. The zero-order chi connectivity index (χ0) is 25.8. The number of aryl methyl sites for hydroxylation is 1. The number of rotatable bonds is 8. The Kier molecular flexibility index (Phi) is 8.37. The van der Waals surface area contributed by atoms with E-state index in [0.717, 1.165) is 23.5 Å². The predicted molar refractivity (Wildman–Crippen MR) is 126 cm³/mol. The van der Waals surface area contributed by atoms with Crippen molar-refractivity contribution in [3.63, 3.8) is 0 Å². The van der Waals surface area contributed by atoms with Crippen LogP contribution in [0.15, 0.2) is 29.8 Å². The van der Waals surface area contributed by atoms with Crippen molar-refractivity contribution in [3.05, 3.63) is 68.5 Å². The van der Waals surface area contributed by atoms with Gasteiger partial charge >= 0.3 is 0 Å². The fourth-order valence-corrected chi connectivity index (χ4v) is 5.28. The minimum atomic E-state index is -2.79. The Morgan fingerprint density at radius 3 is 2.69 bits per heavy atom. The van der Waals surface area contributed by atoms with E-state index in [1.54, 1.807) is 6.92 Å². The van der Waals surface area contributed by atoms with Crippen LogP contribution < -0.4 is 10.1 Å². The van der Waals surface area contributed by atoms with Crippen molar-refractivity contribution in [3.8, 4) is 5.88 Å². The van der Waals surface area contributed by atoms with Crippen LogP contribution in [-0.2, 0) is 0 Å². The number of thiazole rings is 1. The summed E-state index contributed by atoms with van der Waals surface area (Å²) < 4.78 is 60.8. The minimum absolute atomic E-state index is 0.0514. The fourth-order valence-electron chi connectivity index (χ4n) is 4.10. The van der Waals surface area contributed by atoms with Crippen LogP contribution in [0.4, 0.5) is 17.6 Å². The van der Waals surface area contributed by atoms with Crippen LogP contribution >= 0.6 is 22.9 Å². The second-order valence-electron chi connectivity index (χ2n) is 8.15. The lowest BCUT2D eigenvalue weighted by Gasteiger charge is -2.37. The molecule has 0 saturated carbocycles. The molecular formula is C23H22ClF4N5O2S. The van der Waals surface area contributed by atoms with Crippen LogP contribution in [0, 0.1) is 18.7 Å². The summed E-state index contributed by atoms with van der Waals surface area (Å²) in [7, 11) is 0. The molecule has 3 aromatic rings. The highest BCUT2D eigenvalue weighted by Gasteiger charge is 2.32. The summed E-state index contributed by atoms with van der Waals surface area (Å²) in [4.78, 5) is 26.4. The van der Waals surface area contributed by atoms with Crippen molar-refractivity contribution in [2.24, 2.45) is 0 Å². The van der Waals surface area contributed by atoms with E-state index in [0.29, 0.717) is 30.8 Å². The van der Waals surface area contributed by atoms with Crippen molar-refractivity contribution in [2.45, 2.75) is 38.3 Å². The Balaban J connectivity index is 1.48. The summed E-state index contributed by atoms with van der Waals surface area (Å²) in [5.41, 5.74) is 0.672. The number of hydrogen-bond donors (Lipinski definition) is 1. The van der Waals surface area contributed by atoms with Gasteiger partial charge < -0.3 is 10.1 Å². The molecule has 1 N–H and O–H groups in total. The predicted octanol–water partition coefficient (Wildman–Crippen LogP) is 5.13. The molecule has 192 valence electrons. The molecule has 4 rings (SSSR count). The number of ether oxygens (including phenoxy) is 1. The average molecular weight is 544 g/mol. The largest absolute Gasteiger partial charge is 0.474 e. The molecule has 0 bridgehead atoms. The van der Waals surface area contributed by atoms with Crippen molar-refractivity contribution in [2.75, 3.05) is 19.6 Å². The van der Waals surface area contributed by atoms with Gasteiger partial charge in [0.05, 0.1) is 33.1 Å². The third kappa shape index (κ3) is 6.11. The van der Waals surface area contributed by atoms with Crippen molar-refractivity contribution in [1.29, 1.82) is 0 Å². The zero-order valence-electron chi connectivity index (χ0n) is 19.1. The van der Waals surface area contributed by atoms with Crippen LogP contribution in [0.2, 0.25) is 5.02 Å². The van der Waals surface area contributed by atoms with E-state index in [4.69, 9.17) is 16.3 Å². The number of hydrogen-bond acceptors (Lipinski definition) is 7. The Morgan fingerprint density at radius 1 is 1.28 bits per heavy atom. The highest BCUT2D eigenvalue weighted by molar-refractivity contribution is 7.09. The van der Waals surface area contributed by atoms with Gasteiger partial charge in [-0.3, -0.25) is 9.69 Å². The molecule has 13 heteroatoms. The summed E-state index contributed by atoms with van der Waals surface area (Å²) in [6, 6.07) is 4.37. The number of alkyl halides is 2. The lowest BCUT2D eigenvalue weighted by molar-refractivity contribution is 0.0677. The van der Waals surface area contributed by atoms with Gasteiger partial charge in [0.1, 0.15) is 23.4 Å². The Morgan fingerprint density at radius 2 is 2.03 bits per heavy atom. The molecule has 1 aliphatic rings. The first-order valence-corrected chi connectivity index (χ1v) is 12.3. The molecule has 0 spiro atoms. The Bertz CT molecular complexity index is 1180. The first-order chi connectivity index (χ1) is 17.2. The third-order valence-electron chi connectivity index (χ3n) is 5.77. The number of piperidine rings is 1. The van der Waals surface area contributed by atoms with Crippen LogP contribution in [0.3, 0.4) is 0 Å². The number of benzene rings is 1. The van der Waals surface area contributed by atoms with Crippen molar-refractivity contribution >= 4 is 28.8 Å². The number of likely N-dealkylation sites (tertiary alicyclic amines) is 1. The number of carbonyl (C=O) groups is 1. The van der Waals surface area contributed by atoms with E-state index >= 15 is 0 Å². The molecule has 2 aromatic heterocycles. The van der Waals surface area contributed by atoms with Gasteiger partial charge in [-0.2, -0.15) is 9.37 Å². The summed E-state index contributed by atoms with van der Waals surface area (Å²) in [5, 5.41) is 2.58. The molecule has 1 atom stereocenters. The first-order valence-electron chi connectivity index (χ1n) is 11.1. The van der Waals surface area contributed by atoms with E-state index in [1.165, 1.54) is 17.6 Å². The second-order valence-corrected chi connectivity index (χ2v) is 9.45. The SMILES string of the molecule is Cc1nc(F)cc(OC2CCN(C(CNC(=O)c3c(F)cccc3Cl)c3scnc3C(F)F)CC2)n1. The lowest BCUT2D eigenvalue weighted by atomic mass is 10.0. The van der Waals surface area contributed by atoms with Gasteiger partial charge in [0.25, 0.3) is 12.3 Å². The van der Waals surface area contributed by atoms with Gasteiger partial charge in [0.2, 0.25) is 11.8 Å². The molecule has 36 heavy (non-hydrogen) atoms. The average Bonchev–Trinajstić information content (AvgIpc) is 3.29. The molecule has 1 unspecified atom stereocenters. The van der Waals surface area contributed by atoms with Crippen molar-refractivity contribution < 1.29 is 27.1 Å². The normalized spacial score (nSPS) is 15.8. The van der Waals surface area contributed by atoms with Crippen LogP contribution in [-0.4, -0.2) is 51.5 Å². The Labute approximate surface area is 213 Å². The quantitative estimate of drug-likeness (QED) is 0.314. The maximum Gasteiger partial charge on any atom is 0.281 e. The first kappa shape index (κ1) is 26.2. The summed E-state index contributed by atoms with van der Waals surface area (Å²) in [6.45, 7) is 2.38. The zero-order valence-corrected chi connectivity index (χ0v) is 20.6. The highest BCUT2D eigenvalue weighted by atomic mass is 35.5. The summed E-state index contributed by atoms with van der Waals surface area (Å²) >= 11 is 7.06.